The fourth-order valence-corrected chi connectivity index (χ4v) is 7.89. The van der Waals surface area contributed by atoms with Crippen LogP contribution in [0.1, 0.15) is 33.4 Å². The predicted octanol–water partition coefficient (Wildman–Crippen LogP) is 12.2. The molecule has 0 amide bonds. The lowest BCUT2D eigenvalue weighted by molar-refractivity contribution is 1.59. The van der Waals surface area contributed by atoms with Gasteiger partial charge in [0.1, 0.15) is 0 Å². The maximum atomic E-state index is 3.31. The fraction of sp³-hybridized carbons (Fsp3) is 0. The van der Waals surface area contributed by atoms with Crippen LogP contribution >= 0.6 is 22.7 Å². The minimum absolute atomic E-state index is 1.01. The highest BCUT2D eigenvalue weighted by Gasteiger charge is 2.05. The molecule has 0 fully saturated rings. The molecule has 2 heterocycles. The number of benzene rings is 6. The number of thiophene rings is 2. The third-order valence-electron chi connectivity index (χ3n) is 7.91. The number of hydrogen-bond donors (Lipinski definition) is 0. The van der Waals surface area contributed by atoms with Crippen molar-refractivity contribution in [2.45, 2.75) is 0 Å². The predicted molar refractivity (Wildman–Crippen MR) is 195 cm³/mol. The maximum absolute atomic E-state index is 3.31. The van der Waals surface area contributed by atoms with Crippen molar-refractivity contribution in [3.8, 4) is 11.8 Å². The molecule has 8 rings (SSSR count). The Hall–Kier alpha value is -5.20. The minimum atomic E-state index is 1.01. The van der Waals surface area contributed by atoms with Gasteiger partial charge in [-0.1, -0.05) is 121 Å². The molecule has 0 nitrogen and oxygen atoms in total. The molecule has 206 valence electrons. The first-order chi connectivity index (χ1) is 21.7. The second-order valence-electron chi connectivity index (χ2n) is 10.9. The molecule has 44 heavy (non-hydrogen) atoms. The molecule has 0 spiro atoms. The van der Waals surface area contributed by atoms with Gasteiger partial charge in [0.25, 0.3) is 0 Å². The molecule has 2 heteroatoms. The molecule has 8 aromatic rings. The zero-order chi connectivity index (χ0) is 29.3. The third-order valence-corrected chi connectivity index (χ3v) is 10.2. The van der Waals surface area contributed by atoms with E-state index >= 15 is 0 Å². The Labute approximate surface area is 264 Å². The van der Waals surface area contributed by atoms with Gasteiger partial charge in [0.05, 0.1) is 0 Å². The van der Waals surface area contributed by atoms with Crippen LogP contribution in [0.2, 0.25) is 0 Å². The SMILES string of the molecule is C(#Cc1ccc(C=Cc2ccc3c(c2)sc2ccccc23)cc1)c1ccc(C=Cc2ccc3c(c2)sc2ccccc23)cc1. The van der Waals surface area contributed by atoms with Gasteiger partial charge in [0.15, 0.2) is 0 Å². The van der Waals surface area contributed by atoms with Crippen LogP contribution in [-0.4, -0.2) is 0 Å². The van der Waals surface area contributed by atoms with Gasteiger partial charge in [-0.25, -0.2) is 0 Å². The average molecular weight is 595 g/mol. The van der Waals surface area contributed by atoms with Crippen LogP contribution in [0.3, 0.4) is 0 Å². The molecule has 0 bridgehead atoms. The lowest BCUT2D eigenvalue weighted by atomic mass is 10.1. The summed E-state index contributed by atoms with van der Waals surface area (Å²) in [6.45, 7) is 0. The fourth-order valence-electron chi connectivity index (χ4n) is 5.58. The second-order valence-corrected chi connectivity index (χ2v) is 13.0. The van der Waals surface area contributed by atoms with E-state index in [4.69, 9.17) is 0 Å². The maximum Gasteiger partial charge on any atom is 0.0361 e. The Morgan fingerprint density at radius 1 is 0.341 bits per heavy atom. The summed E-state index contributed by atoms with van der Waals surface area (Å²) in [4.78, 5) is 0. The van der Waals surface area contributed by atoms with Crippen molar-refractivity contribution < 1.29 is 0 Å². The normalized spacial score (nSPS) is 11.7. The third kappa shape index (κ3) is 5.36. The van der Waals surface area contributed by atoms with E-state index in [9.17, 15) is 0 Å². The molecule has 0 unspecified atom stereocenters. The highest BCUT2D eigenvalue weighted by molar-refractivity contribution is 7.26. The first kappa shape index (κ1) is 26.4. The van der Waals surface area contributed by atoms with E-state index in [1.165, 1.54) is 51.5 Å². The molecular weight excluding hydrogens is 569 g/mol. The van der Waals surface area contributed by atoms with E-state index in [1.807, 2.05) is 22.7 Å². The lowest BCUT2D eigenvalue weighted by Gasteiger charge is -1.98. The first-order valence-corrected chi connectivity index (χ1v) is 16.3. The summed E-state index contributed by atoms with van der Waals surface area (Å²) in [5.74, 6) is 6.62. The molecule has 6 aromatic carbocycles. The molecular formula is C42H26S2. The van der Waals surface area contributed by atoms with Crippen molar-refractivity contribution in [3.05, 3.63) is 167 Å². The summed E-state index contributed by atoms with van der Waals surface area (Å²) in [6, 6.07) is 47.5. The van der Waals surface area contributed by atoms with E-state index in [-0.39, 0.29) is 0 Å². The summed E-state index contributed by atoms with van der Waals surface area (Å²) < 4.78 is 5.33. The Kier molecular flexibility index (Phi) is 6.89. The van der Waals surface area contributed by atoms with E-state index < -0.39 is 0 Å². The minimum Gasteiger partial charge on any atom is -0.135 e. The van der Waals surface area contributed by atoms with Crippen LogP contribution in [0, 0.1) is 11.8 Å². The summed E-state index contributed by atoms with van der Waals surface area (Å²) >= 11 is 3.71. The van der Waals surface area contributed by atoms with Gasteiger partial charge in [0.2, 0.25) is 0 Å². The zero-order valence-corrected chi connectivity index (χ0v) is 25.5. The van der Waals surface area contributed by atoms with Gasteiger partial charge < -0.3 is 0 Å². The molecule has 0 atom stereocenters. The van der Waals surface area contributed by atoms with Crippen LogP contribution in [0.15, 0.2) is 133 Å². The van der Waals surface area contributed by atoms with Crippen molar-refractivity contribution >= 4 is 87.3 Å². The van der Waals surface area contributed by atoms with Crippen LogP contribution in [0.5, 0.6) is 0 Å². The zero-order valence-electron chi connectivity index (χ0n) is 23.8. The second kappa shape index (κ2) is 11.5. The molecule has 0 saturated carbocycles. The highest BCUT2D eigenvalue weighted by Crippen LogP contribution is 2.35. The summed E-state index contributed by atoms with van der Waals surface area (Å²) in [5.41, 5.74) is 6.76. The average Bonchev–Trinajstić information content (AvgIpc) is 3.64. The Balaban J connectivity index is 0.922. The number of hydrogen-bond acceptors (Lipinski definition) is 2. The van der Waals surface area contributed by atoms with Crippen molar-refractivity contribution in [1.82, 2.24) is 0 Å². The molecule has 2 aromatic heterocycles. The topological polar surface area (TPSA) is 0 Å². The van der Waals surface area contributed by atoms with Crippen LogP contribution in [0.25, 0.3) is 64.6 Å². The van der Waals surface area contributed by atoms with Gasteiger partial charge in [-0.3, -0.25) is 0 Å². The van der Waals surface area contributed by atoms with E-state index in [2.05, 4.69) is 170 Å². The molecule has 0 saturated heterocycles. The van der Waals surface area contributed by atoms with Crippen molar-refractivity contribution in [2.75, 3.05) is 0 Å². The molecule has 0 aliphatic carbocycles. The van der Waals surface area contributed by atoms with Gasteiger partial charge >= 0.3 is 0 Å². The van der Waals surface area contributed by atoms with Gasteiger partial charge in [-0.05, 0) is 70.8 Å². The first-order valence-electron chi connectivity index (χ1n) is 14.7. The van der Waals surface area contributed by atoms with E-state index in [0.29, 0.717) is 0 Å². The van der Waals surface area contributed by atoms with E-state index in [0.717, 1.165) is 22.3 Å². The largest absolute Gasteiger partial charge is 0.135 e. The lowest BCUT2D eigenvalue weighted by Crippen LogP contribution is -1.79. The molecule has 0 radical (unpaired) electrons. The van der Waals surface area contributed by atoms with Crippen molar-refractivity contribution in [1.29, 1.82) is 0 Å². The van der Waals surface area contributed by atoms with Crippen LogP contribution in [0.4, 0.5) is 0 Å². The molecule has 0 N–H and O–H groups in total. The summed E-state index contributed by atoms with van der Waals surface area (Å²) in [6.07, 6.45) is 8.70. The molecule has 0 aliphatic rings. The quantitative estimate of drug-likeness (QED) is 0.140. The van der Waals surface area contributed by atoms with Gasteiger partial charge in [-0.2, -0.15) is 0 Å². The van der Waals surface area contributed by atoms with Crippen LogP contribution in [-0.2, 0) is 0 Å². The highest BCUT2D eigenvalue weighted by atomic mass is 32.1. The smallest absolute Gasteiger partial charge is 0.0361 e. The van der Waals surface area contributed by atoms with Crippen LogP contribution < -0.4 is 0 Å². The standard InChI is InChI=1S/C42H26S2/c1-3-7-39-35(5-1)37-25-23-33(27-41(37)43-39)21-19-31-15-11-29(12-16-31)9-10-30-13-17-32(18-14-30)20-22-34-24-26-38-36-6-2-4-8-40(36)44-42(38)28-34/h1-8,11-28H. The van der Waals surface area contributed by atoms with Crippen molar-refractivity contribution in [3.63, 3.8) is 0 Å². The van der Waals surface area contributed by atoms with Gasteiger partial charge in [-0.15, -0.1) is 22.7 Å². The monoisotopic (exact) mass is 594 g/mol. The Bertz CT molecular complexity index is 2250. The Morgan fingerprint density at radius 2 is 0.705 bits per heavy atom. The number of rotatable bonds is 4. The van der Waals surface area contributed by atoms with E-state index in [1.54, 1.807) is 0 Å². The molecule has 0 aliphatic heterocycles. The van der Waals surface area contributed by atoms with Crippen molar-refractivity contribution in [2.24, 2.45) is 0 Å². The summed E-state index contributed by atoms with van der Waals surface area (Å²) in [7, 11) is 0. The Morgan fingerprint density at radius 3 is 1.16 bits per heavy atom. The summed E-state index contributed by atoms with van der Waals surface area (Å²) in [5, 5.41) is 5.34. The van der Waals surface area contributed by atoms with Gasteiger partial charge in [0, 0.05) is 51.5 Å². The number of fused-ring (bicyclic) bond motifs is 6.